The summed E-state index contributed by atoms with van der Waals surface area (Å²) in [7, 11) is -3.89. The Bertz CT molecular complexity index is 1450. The fraction of sp³-hybridized carbons (Fsp3) is 0.240. The van der Waals surface area contributed by atoms with Crippen LogP contribution in [0.1, 0.15) is 37.4 Å². The van der Waals surface area contributed by atoms with E-state index in [4.69, 9.17) is 46.4 Å². The third-order valence-corrected chi connectivity index (χ3v) is 9.48. The lowest BCUT2D eigenvalue weighted by atomic mass is 9.92. The average molecular weight is 572 g/mol. The molecule has 1 aromatic heterocycles. The predicted octanol–water partition coefficient (Wildman–Crippen LogP) is 6.91. The van der Waals surface area contributed by atoms with E-state index in [1.807, 2.05) is 30.3 Å². The Morgan fingerprint density at radius 3 is 2.14 bits per heavy atom. The third kappa shape index (κ3) is 4.68. The molecular weight excluding hydrogens is 550 g/mol. The lowest BCUT2D eigenvalue weighted by Crippen LogP contribution is -2.36. The quantitative estimate of drug-likeness (QED) is 0.338. The van der Waals surface area contributed by atoms with E-state index in [1.54, 1.807) is 30.4 Å². The topological polar surface area (TPSA) is 72.2 Å². The molecule has 1 aliphatic rings. The summed E-state index contributed by atoms with van der Waals surface area (Å²) >= 11 is 26.7. The van der Waals surface area contributed by atoms with Crippen molar-refractivity contribution in [3.8, 4) is 5.69 Å². The van der Waals surface area contributed by atoms with Gasteiger partial charge in [-0.05, 0) is 37.1 Å². The summed E-state index contributed by atoms with van der Waals surface area (Å²) in [6, 6.07) is 14.3. The van der Waals surface area contributed by atoms with Gasteiger partial charge in [-0.1, -0.05) is 95.0 Å². The highest BCUT2D eigenvalue weighted by Crippen LogP contribution is 2.49. The number of allylic oxidation sites excluding steroid dienone is 3. The van der Waals surface area contributed by atoms with Gasteiger partial charge in [-0.3, -0.25) is 4.57 Å². The van der Waals surface area contributed by atoms with E-state index in [1.165, 1.54) is 18.4 Å². The van der Waals surface area contributed by atoms with Gasteiger partial charge in [0.15, 0.2) is 14.0 Å². The first-order valence-corrected chi connectivity index (χ1v) is 14.0. The van der Waals surface area contributed by atoms with Gasteiger partial charge in [-0.15, -0.1) is 0 Å². The lowest BCUT2D eigenvalue weighted by Gasteiger charge is -2.32. The van der Waals surface area contributed by atoms with Crippen LogP contribution in [0.3, 0.4) is 0 Å². The van der Waals surface area contributed by atoms with Crippen LogP contribution in [-0.2, 0) is 15.4 Å². The number of alkyl halides is 1. The maximum atomic E-state index is 13.2. The Morgan fingerprint density at radius 2 is 1.60 bits per heavy atom. The van der Waals surface area contributed by atoms with Crippen molar-refractivity contribution in [1.82, 2.24) is 9.55 Å². The van der Waals surface area contributed by atoms with Crippen molar-refractivity contribution in [3.63, 3.8) is 0 Å². The number of nitrogens with zero attached hydrogens (tertiary/aromatic N) is 2. The second-order valence-corrected chi connectivity index (χ2v) is 13.1. The van der Waals surface area contributed by atoms with E-state index in [0.717, 1.165) is 17.4 Å². The lowest BCUT2D eigenvalue weighted by molar-refractivity contribution is 0.0743. The second kappa shape index (κ2) is 9.25. The van der Waals surface area contributed by atoms with Crippen molar-refractivity contribution in [1.29, 1.82) is 0 Å². The molecule has 184 valence electrons. The molecule has 10 heteroatoms. The van der Waals surface area contributed by atoms with Gasteiger partial charge in [0.05, 0.1) is 15.7 Å². The monoisotopic (exact) mass is 570 g/mol. The van der Waals surface area contributed by atoms with Crippen molar-refractivity contribution in [2.45, 2.75) is 30.1 Å². The van der Waals surface area contributed by atoms with Crippen molar-refractivity contribution in [2.24, 2.45) is 0 Å². The highest BCUT2D eigenvalue weighted by molar-refractivity contribution is 7.94. The van der Waals surface area contributed by atoms with Crippen molar-refractivity contribution in [3.05, 3.63) is 93.0 Å². The molecule has 0 aliphatic heterocycles. The Labute approximate surface area is 224 Å². The van der Waals surface area contributed by atoms with E-state index in [0.29, 0.717) is 5.69 Å². The van der Waals surface area contributed by atoms with Gasteiger partial charge in [0.25, 0.3) is 0 Å². The van der Waals surface area contributed by atoms with E-state index < -0.39 is 19.6 Å². The summed E-state index contributed by atoms with van der Waals surface area (Å²) in [5.41, 5.74) is 0.753. The number of sulfone groups is 1. The highest BCUT2D eigenvalue weighted by atomic mass is 35.5. The largest absolute Gasteiger partial charge is 0.384 e. The fourth-order valence-electron chi connectivity index (χ4n) is 4.01. The average Bonchev–Trinajstić information content (AvgIpc) is 3.10. The fourth-order valence-corrected chi connectivity index (χ4v) is 6.28. The van der Waals surface area contributed by atoms with Crippen LogP contribution >= 0.6 is 46.4 Å². The molecule has 0 amide bonds. The molecule has 1 heterocycles. The van der Waals surface area contributed by atoms with Crippen molar-refractivity contribution in [2.75, 3.05) is 6.26 Å². The van der Waals surface area contributed by atoms with Gasteiger partial charge in [0.2, 0.25) is 0 Å². The van der Waals surface area contributed by atoms with Crippen molar-refractivity contribution < 1.29 is 13.5 Å². The first kappa shape index (κ1) is 26.3. The molecule has 1 unspecified atom stereocenters. The number of hydrogen-bond donors (Lipinski definition) is 1. The number of aromatic nitrogens is 2. The number of para-hydroxylation sites is 1. The summed E-state index contributed by atoms with van der Waals surface area (Å²) in [5, 5.41) is 11.3. The summed E-state index contributed by atoms with van der Waals surface area (Å²) in [6.45, 7) is 3.05. The van der Waals surface area contributed by atoms with Crippen LogP contribution in [0, 0.1) is 0 Å². The third-order valence-electron chi connectivity index (χ3n) is 5.81. The number of hydrogen-bond acceptors (Lipinski definition) is 4. The first-order chi connectivity index (χ1) is 16.3. The number of aliphatic hydroxyl groups is 1. The summed E-state index contributed by atoms with van der Waals surface area (Å²) < 4.78 is 25.9. The van der Waals surface area contributed by atoms with E-state index >= 15 is 0 Å². The number of halogens is 4. The molecule has 0 saturated heterocycles. The standard InChI is InChI=1S/C25H22Cl4N2O3S/c1-24(2,32)21-22(28)31(20-18(26)10-7-11-19(20)27)23(30-21)17-13-12-16(15-8-5-4-6-9-15)14-25(17,29)35(3,33)34/h4-13,32H,14H2,1-3H3. The summed E-state index contributed by atoms with van der Waals surface area (Å²) in [4.78, 5) is 4.59. The molecule has 0 radical (unpaired) electrons. The van der Waals surface area contributed by atoms with E-state index in [2.05, 4.69) is 4.98 Å². The van der Waals surface area contributed by atoms with Crippen LogP contribution in [0.15, 0.2) is 60.7 Å². The molecule has 0 bridgehead atoms. The molecule has 1 atom stereocenters. The Hall–Kier alpha value is -1.80. The molecule has 35 heavy (non-hydrogen) atoms. The minimum absolute atomic E-state index is 0.0121. The van der Waals surface area contributed by atoms with Gasteiger partial charge in [0, 0.05) is 18.2 Å². The van der Waals surface area contributed by atoms with Crippen LogP contribution in [-0.4, -0.2) is 33.5 Å². The predicted molar refractivity (Wildman–Crippen MR) is 144 cm³/mol. The Morgan fingerprint density at radius 1 is 1.00 bits per heavy atom. The molecule has 1 aliphatic carbocycles. The number of benzene rings is 2. The number of rotatable bonds is 5. The zero-order valence-corrected chi connectivity index (χ0v) is 22.9. The van der Waals surface area contributed by atoms with E-state index in [-0.39, 0.29) is 38.7 Å². The van der Waals surface area contributed by atoms with Crippen molar-refractivity contribution >= 4 is 67.4 Å². The van der Waals surface area contributed by atoms with Gasteiger partial charge in [-0.2, -0.15) is 0 Å². The summed E-state index contributed by atoms with van der Waals surface area (Å²) in [6.07, 6.45) is 4.49. The van der Waals surface area contributed by atoms with Crippen LogP contribution in [0.5, 0.6) is 0 Å². The molecule has 1 N–H and O–H groups in total. The Kier molecular flexibility index (Phi) is 6.95. The minimum atomic E-state index is -3.89. The molecule has 2 aromatic carbocycles. The number of imidazole rings is 1. The molecule has 4 rings (SSSR count). The molecule has 0 saturated carbocycles. The first-order valence-electron chi connectivity index (χ1n) is 10.6. The molecule has 0 spiro atoms. The molecule has 0 fully saturated rings. The maximum absolute atomic E-state index is 13.2. The van der Waals surface area contributed by atoms with Gasteiger partial charge in [0.1, 0.15) is 22.3 Å². The second-order valence-electron chi connectivity index (χ2n) is 8.86. The maximum Gasteiger partial charge on any atom is 0.177 e. The highest BCUT2D eigenvalue weighted by Gasteiger charge is 2.48. The Balaban J connectivity index is 2.07. The SMILES string of the molecule is CC(C)(O)c1nc(C2=CC=C(c3ccccc3)CC2(Cl)S(C)(=O)=O)n(-c2c(Cl)cccc2Cl)c1Cl. The van der Waals surface area contributed by atoms with Crippen LogP contribution in [0.25, 0.3) is 16.8 Å². The molecule has 5 nitrogen and oxygen atoms in total. The smallest absolute Gasteiger partial charge is 0.177 e. The molecular formula is C25H22Cl4N2O3S. The molecule has 3 aromatic rings. The van der Waals surface area contributed by atoms with Crippen LogP contribution < -0.4 is 0 Å². The zero-order chi connectivity index (χ0) is 25.8. The normalized spacial score (nSPS) is 18.9. The van der Waals surface area contributed by atoms with E-state index in [9.17, 15) is 13.5 Å². The zero-order valence-electron chi connectivity index (χ0n) is 19.1. The van der Waals surface area contributed by atoms with Crippen LogP contribution in [0.4, 0.5) is 0 Å². The summed E-state index contributed by atoms with van der Waals surface area (Å²) in [5.74, 6) is 0.117. The minimum Gasteiger partial charge on any atom is -0.384 e. The van der Waals surface area contributed by atoms with Gasteiger partial charge in [-0.25, -0.2) is 13.4 Å². The van der Waals surface area contributed by atoms with Gasteiger partial charge >= 0.3 is 0 Å². The van der Waals surface area contributed by atoms with Crippen LogP contribution in [0.2, 0.25) is 15.2 Å². The van der Waals surface area contributed by atoms with Gasteiger partial charge < -0.3 is 5.11 Å².